The Bertz CT molecular complexity index is 725. The fourth-order valence-electron chi connectivity index (χ4n) is 2.72. The van der Waals surface area contributed by atoms with Crippen molar-refractivity contribution in [1.29, 1.82) is 0 Å². The van der Waals surface area contributed by atoms with Gasteiger partial charge < -0.3 is 9.80 Å². The lowest BCUT2D eigenvalue weighted by molar-refractivity contribution is -0.130. The number of hydrogen-bond acceptors (Lipinski definition) is 3. The number of aromatic nitrogens is 1. The Morgan fingerprint density at radius 1 is 0.958 bits per heavy atom. The highest BCUT2D eigenvalue weighted by molar-refractivity contribution is 6.36. The number of amides is 1. The van der Waals surface area contributed by atoms with Crippen LogP contribution in [0, 0.1) is 0 Å². The van der Waals surface area contributed by atoms with Crippen LogP contribution in [-0.2, 0) is 11.2 Å². The lowest BCUT2D eigenvalue weighted by Gasteiger charge is -2.35. The minimum Gasteiger partial charge on any atom is -0.353 e. The number of rotatable bonds is 3. The van der Waals surface area contributed by atoms with Crippen molar-refractivity contribution in [2.24, 2.45) is 0 Å². The smallest absolute Gasteiger partial charge is 0.227 e. The molecule has 0 atom stereocenters. The molecule has 24 heavy (non-hydrogen) atoms. The Kier molecular flexibility index (Phi) is 5.49. The van der Waals surface area contributed by atoms with Gasteiger partial charge in [0.1, 0.15) is 11.0 Å². The van der Waals surface area contributed by atoms with Gasteiger partial charge >= 0.3 is 0 Å². The van der Waals surface area contributed by atoms with Crippen LogP contribution >= 0.6 is 34.8 Å². The Labute approximate surface area is 155 Å². The molecule has 0 bridgehead atoms. The molecule has 126 valence electrons. The first-order chi connectivity index (χ1) is 11.5. The lowest BCUT2D eigenvalue weighted by atomic mass is 10.1. The zero-order valence-corrected chi connectivity index (χ0v) is 15.2. The van der Waals surface area contributed by atoms with Crippen LogP contribution in [-0.4, -0.2) is 42.0 Å². The average molecular weight is 385 g/mol. The van der Waals surface area contributed by atoms with Crippen molar-refractivity contribution in [3.63, 3.8) is 0 Å². The molecular weight excluding hydrogens is 369 g/mol. The van der Waals surface area contributed by atoms with E-state index in [0.717, 1.165) is 18.9 Å². The van der Waals surface area contributed by atoms with Gasteiger partial charge in [0.05, 0.1) is 6.42 Å². The van der Waals surface area contributed by atoms with E-state index in [-0.39, 0.29) is 12.3 Å². The number of benzene rings is 1. The van der Waals surface area contributed by atoms with Crippen molar-refractivity contribution >= 4 is 46.5 Å². The fraction of sp³-hybridized carbons (Fsp3) is 0.294. The predicted molar refractivity (Wildman–Crippen MR) is 98.2 cm³/mol. The van der Waals surface area contributed by atoms with Crippen molar-refractivity contribution in [3.8, 4) is 0 Å². The number of nitrogens with zero attached hydrogens (tertiary/aromatic N) is 3. The van der Waals surface area contributed by atoms with Crippen LogP contribution in [0.2, 0.25) is 15.2 Å². The van der Waals surface area contributed by atoms with E-state index in [0.29, 0.717) is 33.9 Å². The van der Waals surface area contributed by atoms with Gasteiger partial charge in [0.2, 0.25) is 5.91 Å². The zero-order chi connectivity index (χ0) is 17.1. The largest absolute Gasteiger partial charge is 0.353 e. The number of pyridine rings is 1. The molecule has 2 aromatic rings. The quantitative estimate of drug-likeness (QED) is 0.752. The third-order valence-corrected chi connectivity index (χ3v) is 4.97. The third-order valence-electron chi connectivity index (χ3n) is 4.05. The van der Waals surface area contributed by atoms with Crippen LogP contribution in [0.3, 0.4) is 0 Å². The summed E-state index contributed by atoms with van der Waals surface area (Å²) < 4.78 is 0. The highest BCUT2D eigenvalue weighted by atomic mass is 35.5. The molecule has 1 amide bonds. The number of anilines is 1. The fourth-order valence-corrected chi connectivity index (χ4v) is 3.41. The minimum atomic E-state index is 0.0312. The summed E-state index contributed by atoms with van der Waals surface area (Å²) in [6.07, 6.45) is 0.216. The maximum absolute atomic E-state index is 12.5. The molecule has 1 aromatic carbocycles. The second-order valence-electron chi connectivity index (χ2n) is 5.56. The normalized spacial score (nSPS) is 14.8. The Morgan fingerprint density at radius 2 is 1.58 bits per heavy atom. The van der Waals surface area contributed by atoms with Crippen LogP contribution in [0.15, 0.2) is 36.4 Å². The third kappa shape index (κ3) is 3.94. The van der Waals surface area contributed by atoms with Gasteiger partial charge in [-0.05, 0) is 29.8 Å². The highest BCUT2D eigenvalue weighted by Crippen LogP contribution is 2.25. The summed E-state index contributed by atoms with van der Waals surface area (Å²) in [5, 5.41) is 1.52. The van der Waals surface area contributed by atoms with E-state index < -0.39 is 0 Å². The molecule has 1 saturated heterocycles. The second-order valence-corrected chi connectivity index (χ2v) is 6.76. The average Bonchev–Trinajstić information content (AvgIpc) is 2.58. The van der Waals surface area contributed by atoms with Gasteiger partial charge in [-0.3, -0.25) is 4.79 Å². The van der Waals surface area contributed by atoms with Crippen LogP contribution in [0.1, 0.15) is 5.56 Å². The summed E-state index contributed by atoms with van der Waals surface area (Å²) in [5.74, 6) is 0.868. The topological polar surface area (TPSA) is 36.4 Å². The van der Waals surface area contributed by atoms with Crippen LogP contribution in [0.25, 0.3) is 0 Å². The van der Waals surface area contributed by atoms with Crippen LogP contribution < -0.4 is 4.90 Å². The first-order valence-electron chi connectivity index (χ1n) is 7.63. The summed E-state index contributed by atoms with van der Waals surface area (Å²) >= 11 is 18.2. The maximum Gasteiger partial charge on any atom is 0.227 e. The molecule has 4 nitrogen and oxygen atoms in total. The first-order valence-corrected chi connectivity index (χ1v) is 8.76. The maximum atomic E-state index is 12.5. The SMILES string of the molecule is O=C(Cc1c(Cl)cccc1Cl)N1CCN(c2cccc(Cl)n2)CC1. The van der Waals surface area contributed by atoms with Crippen molar-refractivity contribution in [1.82, 2.24) is 9.88 Å². The van der Waals surface area contributed by atoms with Crippen molar-refractivity contribution in [2.75, 3.05) is 31.1 Å². The summed E-state index contributed by atoms with van der Waals surface area (Å²) in [5.41, 5.74) is 0.685. The first kappa shape index (κ1) is 17.3. The standard InChI is InChI=1S/C17H16Cl3N3O/c18-13-3-1-4-14(19)12(13)11-17(24)23-9-7-22(8-10-23)16-6-2-5-15(20)21-16/h1-6H,7-11H2. The molecule has 1 aromatic heterocycles. The molecule has 1 aliphatic heterocycles. The van der Waals surface area contributed by atoms with Gasteiger partial charge in [0.15, 0.2) is 0 Å². The number of carbonyl (C=O) groups excluding carboxylic acids is 1. The highest BCUT2D eigenvalue weighted by Gasteiger charge is 2.23. The Morgan fingerprint density at radius 3 is 2.21 bits per heavy atom. The number of carbonyl (C=O) groups is 1. The zero-order valence-electron chi connectivity index (χ0n) is 12.9. The number of piperazine rings is 1. The Hall–Kier alpha value is -1.49. The van der Waals surface area contributed by atoms with Gasteiger partial charge in [-0.25, -0.2) is 4.98 Å². The molecule has 0 aliphatic carbocycles. The number of halogens is 3. The van der Waals surface area contributed by atoms with E-state index in [1.807, 2.05) is 17.0 Å². The van der Waals surface area contributed by atoms with E-state index in [9.17, 15) is 4.79 Å². The van der Waals surface area contributed by atoms with Gasteiger partial charge in [0, 0.05) is 36.2 Å². The van der Waals surface area contributed by atoms with Gasteiger partial charge in [-0.1, -0.05) is 46.9 Å². The molecule has 3 rings (SSSR count). The van der Waals surface area contributed by atoms with Gasteiger partial charge in [-0.2, -0.15) is 0 Å². The van der Waals surface area contributed by atoms with Crippen LogP contribution in [0.5, 0.6) is 0 Å². The molecular formula is C17H16Cl3N3O. The van der Waals surface area contributed by atoms with Crippen LogP contribution in [0.4, 0.5) is 5.82 Å². The molecule has 0 saturated carbocycles. The molecule has 0 radical (unpaired) electrons. The molecule has 0 N–H and O–H groups in total. The van der Waals surface area contributed by atoms with Crippen molar-refractivity contribution in [3.05, 3.63) is 57.2 Å². The van der Waals surface area contributed by atoms with Gasteiger partial charge in [-0.15, -0.1) is 0 Å². The Balaban J connectivity index is 1.61. The summed E-state index contributed by atoms with van der Waals surface area (Å²) in [6, 6.07) is 10.8. The molecule has 2 heterocycles. The van der Waals surface area contributed by atoms with E-state index in [1.165, 1.54) is 0 Å². The van der Waals surface area contributed by atoms with Gasteiger partial charge in [0.25, 0.3) is 0 Å². The minimum absolute atomic E-state index is 0.0312. The summed E-state index contributed by atoms with van der Waals surface area (Å²) in [7, 11) is 0. The van der Waals surface area contributed by atoms with E-state index >= 15 is 0 Å². The lowest BCUT2D eigenvalue weighted by Crippen LogP contribution is -2.49. The molecule has 0 spiro atoms. The van der Waals surface area contributed by atoms with Crippen molar-refractivity contribution < 1.29 is 4.79 Å². The van der Waals surface area contributed by atoms with E-state index in [4.69, 9.17) is 34.8 Å². The molecule has 0 unspecified atom stereocenters. The van der Waals surface area contributed by atoms with E-state index in [2.05, 4.69) is 9.88 Å². The predicted octanol–water partition coefficient (Wildman–Crippen LogP) is 3.93. The molecule has 7 heteroatoms. The van der Waals surface area contributed by atoms with Crippen molar-refractivity contribution in [2.45, 2.75) is 6.42 Å². The summed E-state index contributed by atoms with van der Waals surface area (Å²) in [4.78, 5) is 20.8. The number of hydrogen-bond donors (Lipinski definition) is 0. The van der Waals surface area contributed by atoms with E-state index in [1.54, 1.807) is 24.3 Å². The molecule has 1 aliphatic rings. The summed E-state index contributed by atoms with van der Waals surface area (Å²) in [6.45, 7) is 2.70. The molecule has 1 fully saturated rings. The monoisotopic (exact) mass is 383 g/mol. The second kappa shape index (κ2) is 7.60.